The number of rotatable bonds is 11. The molecule has 0 unspecified atom stereocenters. The highest BCUT2D eigenvalue weighted by atomic mass is 16.5. The number of hydrogen-bond donors (Lipinski definition) is 0. The van der Waals surface area contributed by atoms with Crippen molar-refractivity contribution >= 4 is 22.7 Å². The quantitative estimate of drug-likeness (QED) is 0.171. The zero-order valence-corrected chi connectivity index (χ0v) is 27.4. The van der Waals surface area contributed by atoms with E-state index in [4.69, 9.17) is 23.7 Å². The van der Waals surface area contributed by atoms with Crippen LogP contribution in [0.3, 0.4) is 0 Å². The summed E-state index contributed by atoms with van der Waals surface area (Å²) < 4.78 is 30.2. The number of benzene rings is 4. The van der Waals surface area contributed by atoms with Gasteiger partial charge in [0.25, 0.3) is 0 Å². The van der Waals surface area contributed by atoms with Crippen molar-refractivity contribution in [2.24, 2.45) is 11.8 Å². The van der Waals surface area contributed by atoms with E-state index in [1.807, 2.05) is 36.4 Å². The van der Waals surface area contributed by atoms with E-state index in [0.717, 1.165) is 73.8 Å². The van der Waals surface area contributed by atoms with Crippen LogP contribution in [0.2, 0.25) is 0 Å². The van der Waals surface area contributed by atoms with Gasteiger partial charge < -0.3 is 33.5 Å². The van der Waals surface area contributed by atoms with Crippen LogP contribution in [0, 0.1) is 11.8 Å². The van der Waals surface area contributed by atoms with E-state index >= 15 is 0 Å². The fourth-order valence-electron chi connectivity index (χ4n) is 5.65. The van der Waals surface area contributed by atoms with Gasteiger partial charge in [0.15, 0.2) is 0 Å². The maximum Gasteiger partial charge on any atom is 0.145 e. The summed E-state index contributed by atoms with van der Waals surface area (Å²) in [5, 5.41) is 0. The third-order valence-electron chi connectivity index (χ3n) is 7.81. The van der Waals surface area contributed by atoms with E-state index in [1.165, 1.54) is 0 Å². The maximum absolute atomic E-state index is 6.27. The van der Waals surface area contributed by atoms with Crippen LogP contribution in [0.1, 0.15) is 27.7 Å². The summed E-state index contributed by atoms with van der Waals surface area (Å²) in [7, 11) is 9.27. The monoisotopic (exact) mass is 596 g/mol. The minimum absolute atomic E-state index is 0.391. The van der Waals surface area contributed by atoms with Crippen molar-refractivity contribution in [1.82, 2.24) is 0 Å². The van der Waals surface area contributed by atoms with Gasteiger partial charge in [-0.2, -0.15) is 0 Å². The van der Waals surface area contributed by atoms with Gasteiger partial charge in [0.1, 0.15) is 34.4 Å². The van der Waals surface area contributed by atoms with Gasteiger partial charge in [0.05, 0.1) is 62.7 Å². The zero-order chi connectivity index (χ0) is 31.5. The first-order valence-electron chi connectivity index (χ1n) is 15.1. The molecule has 232 valence electrons. The van der Waals surface area contributed by atoms with Crippen LogP contribution < -0.4 is 33.5 Å². The summed E-state index contributed by atoms with van der Waals surface area (Å²) in [6.07, 6.45) is 0. The predicted octanol–water partition coefficient (Wildman–Crippen LogP) is 8.97. The summed E-state index contributed by atoms with van der Waals surface area (Å²) in [6, 6.07) is 22.6. The average Bonchev–Trinajstić information content (AvgIpc) is 3.03. The first-order chi connectivity index (χ1) is 21.2. The predicted molar refractivity (Wildman–Crippen MR) is 180 cm³/mol. The molecule has 0 spiro atoms. The van der Waals surface area contributed by atoms with E-state index in [0.29, 0.717) is 25.0 Å². The molecule has 0 saturated heterocycles. The van der Waals surface area contributed by atoms with Crippen LogP contribution >= 0.6 is 0 Å². The number of fused-ring (bicyclic) bond motifs is 2. The summed E-state index contributed by atoms with van der Waals surface area (Å²) >= 11 is 0. The van der Waals surface area contributed by atoms with Gasteiger partial charge >= 0.3 is 0 Å². The van der Waals surface area contributed by atoms with Crippen LogP contribution in [0.15, 0.2) is 66.7 Å². The fraction of sp³-hybridized carbons (Fsp3) is 0.351. The lowest BCUT2D eigenvalue weighted by Crippen LogP contribution is -2.25. The number of anilines is 4. The highest BCUT2D eigenvalue weighted by Crippen LogP contribution is 2.54. The number of nitrogens with zero attached hydrogens (tertiary/aromatic N) is 2. The molecule has 7 nitrogen and oxygen atoms in total. The number of methoxy groups -OCH3 is 3. The van der Waals surface area contributed by atoms with Crippen molar-refractivity contribution in [3.8, 4) is 51.0 Å². The third-order valence-corrected chi connectivity index (χ3v) is 7.81. The van der Waals surface area contributed by atoms with Crippen LogP contribution in [-0.2, 0) is 0 Å². The molecule has 1 aliphatic rings. The Morgan fingerprint density at radius 3 is 1.55 bits per heavy atom. The fourth-order valence-corrected chi connectivity index (χ4v) is 5.65. The van der Waals surface area contributed by atoms with Crippen molar-refractivity contribution in [3.05, 3.63) is 66.7 Å². The lowest BCUT2D eigenvalue weighted by Gasteiger charge is -2.38. The van der Waals surface area contributed by atoms with Crippen LogP contribution in [0.25, 0.3) is 22.3 Å². The van der Waals surface area contributed by atoms with Crippen molar-refractivity contribution in [2.45, 2.75) is 27.7 Å². The Balaban J connectivity index is 1.63. The number of ether oxygens (including phenoxy) is 5. The Bertz CT molecular complexity index is 1630. The molecule has 44 heavy (non-hydrogen) atoms. The molecular weight excluding hydrogens is 552 g/mol. The minimum Gasteiger partial charge on any atom is -0.496 e. The first kappa shape index (κ1) is 30.9. The van der Waals surface area contributed by atoms with Crippen molar-refractivity contribution in [1.29, 1.82) is 0 Å². The summed E-state index contributed by atoms with van der Waals surface area (Å²) in [5.74, 6) is 4.65. The van der Waals surface area contributed by atoms with Gasteiger partial charge in [-0.1, -0.05) is 45.9 Å². The summed E-state index contributed by atoms with van der Waals surface area (Å²) in [6.45, 7) is 9.81. The Labute approximate surface area is 261 Å². The van der Waals surface area contributed by atoms with E-state index in [-0.39, 0.29) is 0 Å². The molecule has 0 saturated carbocycles. The Morgan fingerprint density at radius 2 is 1.02 bits per heavy atom. The van der Waals surface area contributed by atoms with Crippen LogP contribution in [0.4, 0.5) is 22.7 Å². The first-order valence-corrected chi connectivity index (χ1v) is 15.1. The van der Waals surface area contributed by atoms with Gasteiger partial charge in [-0.3, -0.25) is 0 Å². The van der Waals surface area contributed by atoms with E-state index < -0.39 is 0 Å². The largest absolute Gasteiger partial charge is 0.496 e. The molecule has 5 rings (SSSR count). The second kappa shape index (κ2) is 13.0. The second-order valence-electron chi connectivity index (χ2n) is 11.9. The SMILES string of the molecule is COc1cccc(OCC(C)C)c1-c1ccc2c(c1)N(C)c1c(OC)cc(-c3c(OC)cccc3OCC(C)C)cc1N2C. The Kier molecular flexibility index (Phi) is 9.14. The molecule has 0 radical (unpaired) electrons. The smallest absolute Gasteiger partial charge is 0.145 e. The molecule has 0 atom stereocenters. The van der Waals surface area contributed by atoms with E-state index in [9.17, 15) is 0 Å². The molecular formula is C37H44N2O5. The van der Waals surface area contributed by atoms with Crippen molar-refractivity contribution in [2.75, 3.05) is 58.4 Å². The Hall–Kier alpha value is -4.52. The average molecular weight is 597 g/mol. The molecule has 0 fully saturated rings. The molecule has 4 aromatic rings. The highest BCUT2D eigenvalue weighted by Gasteiger charge is 2.30. The van der Waals surface area contributed by atoms with Crippen LogP contribution in [-0.4, -0.2) is 48.6 Å². The normalized spacial score (nSPS) is 12.2. The Morgan fingerprint density at radius 1 is 0.523 bits per heavy atom. The number of hydrogen-bond acceptors (Lipinski definition) is 7. The minimum atomic E-state index is 0.391. The van der Waals surface area contributed by atoms with Gasteiger partial charge in [0.2, 0.25) is 0 Å². The second-order valence-corrected chi connectivity index (χ2v) is 11.9. The van der Waals surface area contributed by atoms with Gasteiger partial charge in [-0.25, -0.2) is 0 Å². The topological polar surface area (TPSA) is 52.6 Å². The van der Waals surface area contributed by atoms with Gasteiger partial charge in [-0.05, 0) is 71.5 Å². The molecule has 7 heteroatoms. The van der Waals surface area contributed by atoms with Crippen molar-refractivity contribution in [3.63, 3.8) is 0 Å². The van der Waals surface area contributed by atoms with Gasteiger partial charge in [-0.15, -0.1) is 0 Å². The van der Waals surface area contributed by atoms with E-state index in [1.54, 1.807) is 21.3 Å². The molecule has 0 aromatic heterocycles. The lowest BCUT2D eigenvalue weighted by atomic mass is 9.97. The van der Waals surface area contributed by atoms with Crippen LogP contribution in [0.5, 0.6) is 28.7 Å². The highest BCUT2D eigenvalue weighted by molar-refractivity contribution is 5.99. The maximum atomic E-state index is 6.27. The molecule has 0 amide bonds. The molecule has 0 N–H and O–H groups in total. The molecule has 1 aliphatic heterocycles. The van der Waals surface area contributed by atoms with E-state index in [2.05, 4.69) is 81.9 Å². The molecule has 0 aliphatic carbocycles. The zero-order valence-electron chi connectivity index (χ0n) is 27.4. The lowest BCUT2D eigenvalue weighted by molar-refractivity contribution is 0.271. The van der Waals surface area contributed by atoms with Crippen molar-refractivity contribution < 1.29 is 23.7 Å². The molecule has 4 aromatic carbocycles. The molecule has 0 bridgehead atoms. The third kappa shape index (κ3) is 5.83. The standard InChI is InChI=1S/C37H44N2O5/c1-23(2)21-43-32-14-10-12-30(40-7)35(32)25-16-17-27-28(18-25)39(6)37-29(38(27)5)19-26(20-34(37)42-9)36-31(41-8)13-11-15-33(36)44-22-24(3)4/h10-20,23-24H,21-22H2,1-9H3. The summed E-state index contributed by atoms with van der Waals surface area (Å²) in [5.41, 5.74) is 7.91. The summed E-state index contributed by atoms with van der Waals surface area (Å²) in [4.78, 5) is 4.40. The molecule has 1 heterocycles. The van der Waals surface area contributed by atoms with Gasteiger partial charge in [0, 0.05) is 14.1 Å².